The Morgan fingerprint density at radius 1 is 1.31 bits per heavy atom. The van der Waals surface area contributed by atoms with Gasteiger partial charge in [-0.3, -0.25) is 0 Å². The summed E-state index contributed by atoms with van der Waals surface area (Å²) in [4.78, 5) is 0. The molecule has 78 valence electrons. The fraction of sp³-hybridized carbons (Fsp3) is 1.00. The maximum absolute atomic E-state index is 12.4. The van der Waals surface area contributed by atoms with Crippen LogP contribution in [0.15, 0.2) is 0 Å². The van der Waals surface area contributed by atoms with Gasteiger partial charge >= 0.3 is 0 Å². The zero-order valence-corrected chi connectivity index (χ0v) is 8.23. The van der Waals surface area contributed by atoms with Crippen LogP contribution < -0.4 is 5.73 Å². The summed E-state index contributed by atoms with van der Waals surface area (Å²) in [7, 11) is 0. The molecule has 0 aromatic heterocycles. The average molecular weight is 191 g/mol. The van der Waals surface area contributed by atoms with Crippen LogP contribution in [0.4, 0.5) is 8.78 Å². The molecule has 0 saturated heterocycles. The Balaban J connectivity index is 2.37. The molecule has 1 rings (SSSR count). The van der Waals surface area contributed by atoms with Crippen LogP contribution in [0.2, 0.25) is 0 Å². The molecule has 1 unspecified atom stereocenters. The van der Waals surface area contributed by atoms with Crippen LogP contribution in [0.25, 0.3) is 0 Å². The molecule has 2 N–H and O–H groups in total. The van der Waals surface area contributed by atoms with Crippen LogP contribution in [0, 0.1) is 5.92 Å². The lowest BCUT2D eigenvalue weighted by molar-refractivity contribution is 0.0452. The van der Waals surface area contributed by atoms with E-state index >= 15 is 0 Å². The molecule has 1 nitrogen and oxygen atoms in total. The fourth-order valence-corrected chi connectivity index (χ4v) is 2.10. The first-order chi connectivity index (χ1) is 6.02. The Kier molecular flexibility index (Phi) is 3.65. The lowest BCUT2D eigenvalue weighted by Crippen LogP contribution is -2.45. The van der Waals surface area contributed by atoms with Crippen molar-refractivity contribution in [3.05, 3.63) is 0 Å². The number of rotatable bonds is 3. The highest BCUT2D eigenvalue weighted by atomic mass is 19.3. The minimum absolute atomic E-state index is 0.428. The van der Waals surface area contributed by atoms with Gasteiger partial charge in [0, 0.05) is 0 Å². The number of alkyl halides is 2. The van der Waals surface area contributed by atoms with Crippen molar-refractivity contribution in [2.45, 2.75) is 57.4 Å². The molecule has 1 aliphatic carbocycles. The molecule has 0 heterocycles. The van der Waals surface area contributed by atoms with Gasteiger partial charge in [0.05, 0.1) is 5.54 Å². The van der Waals surface area contributed by atoms with Gasteiger partial charge in [0.15, 0.2) is 0 Å². The van der Waals surface area contributed by atoms with E-state index in [2.05, 4.69) is 0 Å². The molecule has 0 radical (unpaired) electrons. The van der Waals surface area contributed by atoms with Crippen LogP contribution in [0.3, 0.4) is 0 Å². The van der Waals surface area contributed by atoms with Crippen molar-refractivity contribution < 1.29 is 8.78 Å². The van der Waals surface area contributed by atoms with Crippen molar-refractivity contribution in [2.24, 2.45) is 11.7 Å². The number of halogens is 2. The number of hydrogen-bond acceptors (Lipinski definition) is 1. The van der Waals surface area contributed by atoms with Crippen molar-refractivity contribution in [3.63, 3.8) is 0 Å². The van der Waals surface area contributed by atoms with E-state index in [-0.39, 0.29) is 0 Å². The molecule has 1 aliphatic rings. The minimum atomic E-state index is -2.39. The highest BCUT2D eigenvalue weighted by Crippen LogP contribution is 2.31. The van der Waals surface area contributed by atoms with Gasteiger partial charge in [0.1, 0.15) is 0 Å². The van der Waals surface area contributed by atoms with Gasteiger partial charge in [-0.1, -0.05) is 32.1 Å². The Morgan fingerprint density at radius 2 is 1.85 bits per heavy atom. The fourth-order valence-electron chi connectivity index (χ4n) is 2.10. The van der Waals surface area contributed by atoms with Crippen LogP contribution in [0.1, 0.15) is 45.4 Å². The molecule has 0 spiro atoms. The third kappa shape index (κ3) is 3.22. The molecule has 13 heavy (non-hydrogen) atoms. The van der Waals surface area contributed by atoms with E-state index < -0.39 is 12.0 Å². The SMILES string of the molecule is CC(N)(CC1CCCCC1)C(F)F. The van der Waals surface area contributed by atoms with Crippen molar-refractivity contribution in [1.82, 2.24) is 0 Å². The summed E-state index contributed by atoms with van der Waals surface area (Å²) in [5, 5.41) is 0. The summed E-state index contributed by atoms with van der Waals surface area (Å²) >= 11 is 0. The van der Waals surface area contributed by atoms with Crippen molar-refractivity contribution in [2.75, 3.05) is 0 Å². The molecule has 0 bridgehead atoms. The Morgan fingerprint density at radius 3 is 2.31 bits per heavy atom. The monoisotopic (exact) mass is 191 g/mol. The summed E-state index contributed by atoms with van der Waals surface area (Å²) in [6.45, 7) is 1.46. The quantitative estimate of drug-likeness (QED) is 0.729. The maximum Gasteiger partial charge on any atom is 0.256 e. The van der Waals surface area contributed by atoms with E-state index in [1.807, 2.05) is 0 Å². The standard InChI is InChI=1S/C10H19F2N/c1-10(13,9(11)12)7-8-5-3-2-4-6-8/h8-9H,2-7,13H2,1H3. The van der Waals surface area contributed by atoms with Gasteiger partial charge in [-0.2, -0.15) is 0 Å². The van der Waals surface area contributed by atoms with Gasteiger partial charge in [-0.15, -0.1) is 0 Å². The predicted molar refractivity (Wildman–Crippen MR) is 49.8 cm³/mol. The number of hydrogen-bond donors (Lipinski definition) is 1. The van der Waals surface area contributed by atoms with Crippen molar-refractivity contribution in [1.29, 1.82) is 0 Å². The Hall–Kier alpha value is -0.180. The summed E-state index contributed by atoms with van der Waals surface area (Å²) in [5.41, 5.74) is 4.26. The third-order valence-electron chi connectivity index (χ3n) is 2.95. The molecule has 3 heteroatoms. The highest BCUT2D eigenvalue weighted by Gasteiger charge is 2.33. The maximum atomic E-state index is 12.4. The van der Waals surface area contributed by atoms with Gasteiger partial charge in [-0.05, 0) is 19.3 Å². The molecular formula is C10H19F2N. The van der Waals surface area contributed by atoms with Gasteiger partial charge in [-0.25, -0.2) is 8.78 Å². The zero-order chi connectivity index (χ0) is 9.90. The van der Waals surface area contributed by atoms with Crippen LogP contribution in [-0.4, -0.2) is 12.0 Å². The van der Waals surface area contributed by atoms with Crippen LogP contribution >= 0.6 is 0 Å². The van der Waals surface area contributed by atoms with E-state index in [9.17, 15) is 8.78 Å². The topological polar surface area (TPSA) is 26.0 Å². The van der Waals surface area contributed by atoms with Crippen LogP contribution in [-0.2, 0) is 0 Å². The van der Waals surface area contributed by atoms with Crippen molar-refractivity contribution in [3.8, 4) is 0 Å². The first-order valence-corrected chi connectivity index (χ1v) is 5.09. The highest BCUT2D eigenvalue weighted by molar-refractivity contribution is 4.85. The Labute approximate surface area is 78.7 Å². The van der Waals surface area contributed by atoms with E-state index in [0.717, 1.165) is 12.8 Å². The lowest BCUT2D eigenvalue weighted by Gasteiger charge is -2.30. The molecule has 0 aliphatic heterocycles. The smallest absolute Gasteiger partial charge is 0.256 e. The zero-order valence-electron chi connectivity index (χ0n) is 8.23. The second-order valence-corrected chi connectivity index (χ2v) is 4.51. The molecule has 0 amide bonds. The summed E-state index contributed by atoms with van der Waals surface area (Å²) in [6.07, 6.45) is 3.87. The second kappa shape index (κ2) is 4.36. The first-order valence-electron chi connectivity index (χ1n) is 5.09. The van der Waals surface area contributed by atoms with Gasteiger partial charge in [0.2, 0.25) is 0 Å². The predicted octanol–water partition coefficient (Wildman–Crippen LogP) is 2.94. The molecule has 1 saturated carbocycles. The second-order valence-electron chi connectivity index (χ2n) is 4.51. The summed E-state index contributed by atoms with van der Waals surface area (Å²) in [5.74, 6) is 0.428. The van der Waals surface area contributed by atoms with Crippen LogP contribution in [0.5, 0.6) is 0 Å². The largest absolute Gasteiger partial charge is 0.321 e. The van der Waals surface area contributed by atoms with E-state index in [1.165, 1.54) is 26.2 Å². The van der Waals surface area contributed by atoms with E-state index in [0.29, 0.717) is 12.3 Å². The van der Waals surface area contributed by atoms with Gasteiger partial charge < -0.3 is 5.73 Å². The average Bonchev–Trinajstić information content (AvgIpc) is 2.05. The first kappa shape index (κ1) is 10.9. The van der Waals surface area contributed by atoms with E-state index in [4.69, 9.17) is 5.73 Å². The van der Waals surface area contributed by atoms with Crippen molar-refractivity contribution >= 4 is 0 Å². The normalized spacial score (nSPS) is 24.7. The summed E-state index contributed by atoms with van der Waals surface area (Å²) < 4.78 is 24.9. The van der Waals surface area contributed by atoms with Gasteiger partial charge in [0.25, 0.3) is 6.43 Å². The number of nitrogens with two attached hydrogens (primary N) is 1. The molecule has 1 atom stereocenters. The third-order valence-corrected chi connectivity index (χ3v) is 2.95. The van der Waals surface area contributed by atoms with E-state index in [1.54, 1.807) is 0 Å². The minimum Gasteiger partial charge on any atom is -0.321 e. The Bertz CT molecular complexity index is 151. The lowest BCUT2D eigenvalue weighted by atomic mass is 9.80. The molecular weight excluding hydrogens is 172 g/mol. The summed E-state index contributed by atoms with van der Waals surface area (Å²) in [6, 6.07) is 0. The molecule has 0 aromatic carbocycles. The molecule has 1 fully saturated rings. The molecule has 0 aromatic rings.